The van der Waals surface area contributed by atoms with Crippen molar-refractivity contribution in [2.24, 2.45) is 0 Å². The topological polar surface area (TPSA) is 73.4 Å². The number of aromatic nitrogens is 1. The number of carbonyl (C=O) groups excluding carboxylic acids is 2. The molecule has 0 bridgehead atoms. The lowest BCUT2D eigenvalue weighted by atomic mass is 9.95. The molecule has 2 heterocycles. The van der Waals surface area contributed by atoms with Gasteiger partial charge in [-0.2, -0.15) is 0 Å². The molecule has 0 radical (unpaired) electrons. The van der Waals surface area contributed by atoms with Crippen molar-refractivity contribution < 1.29 is 23.5 Å². The summed E-state index contributed by atoms with van der Waals surface area (Å²) in [5.74, 6) is -2.95. The van der Waals surface area contributed by atoms with Crippen molar-refractivity contribution in [3.8, 4) is 0 Å². The van der Waals surface area contributed by atoms with E-state index in [1.54, 1.807) is 0 Å². The third kappa shape index (κ3) is 3.75. The summed E-state index contributed by atoms with van der Waals surface area (Å²) in [6, 6.07) is 17.3. The molecule has 2 N–H and O–H groups in total. The van der Waals surface area contributed by atoms with Gasteiger partial charge in [0.05, 0.1) is 11.6 Å². The summed E-state index contributed by atoms with van der Waals surface area (Å²) in [5, 5.41) is 12.0. The van der Waals surface area contributed by atoms with Gasteiger partial charge in [-0.3, -0.25) is 9.59 Å². The predicted molar refractivity (Wildman–Crippen MR) is 124 cm³/mol. The smallest absolute Gasteiger partial charge is 0.295 e. The van der Waals surface area contributed by atoms with Gasteiger partial charge in [-0.1, -0.05) is 30.3 Å². The number of aliphatic hydroxyl groups excluding tert-OH is 1. The van der Waals surface area contributed by atoms with Gasteiger partial charge in [0, 0.05) is 29.2 Å². The molecule has 5 rings (SSSR count). The zero-order valence-electron chi connectivity index (χ0n) is 18.0. The molecular weight excluding hydrogens is 438 g/mol. The van der Waals surface area contributed by atoms with Crippen molar-refractivity contribution in [1.82, 2.24) is 9.88 Å². The summed E-state index contributed by atoms with van der Waals surface area (Å²) in [4.78, 5) is 30.7. The lowest BCUT2D eigenvalue weighted by Crippen LogP contribution is -2.31. The molecule has 1 fully saturated rings. The van der Waals surface area contributed by atoms with Crippen LogP contribution in [0.5, 0.6) is 0 Å². The highest BCUT2D eigenvalue weighted by atomic mass is 19.1. The van der Waals surface area contributed by atoms with Crippen LogP contribution in [0.1, 0.15) is 22.7 Å². The fourth-order valence-electron chi connectivity index (χ4n) is 4.44. The van der Waals surface area contributed by atoms with Gasteiger partial charge in [0.2, 0.25) is 0 Å². The monoisotopic (exact) mass is 458 g/mol. The quantitative estimate of drug-likeness (QED) is 0.248. The molecular formula is C27H20F2N2O3. The van der Waals surface area contributed by atoms with Crippen LogP contribution in [0.3, 0.4) is 0 Å². The van der Waals surface area contributed by atoms with Gasteiger partial charge in [0.15, 0.2) is 0 Å². The number of likely N-dealkylation sites (tertiary alicyclic amines) is 1. The van der Waals surface area contributed by atoms with E-state index < -0.39 is 35.1 Å². The lowest BCUT2D eigenvalue weighted by molar-refractivity contribution is -0.139. The Morgan fingerprint density at radius 2 is 1.56 bits per heavy atom. The third-order valence-corrected chi connectivity index (χ3v) is 6.14. The molecule has 1 atom stereocenters. The molecule has 3 aromatic carbocycles. The van der Waals surface area contributed by atoms with E-state index in [4.69, 9.17) is 0 Å². The molecule has 0 saturated carbocycles. The van der Waals surface area contributed by atoms with Crippen molar-refractivity contribution in [1.29, 1.82) is 0 Å². The fourth-order valence-corrected chi connectivity index (χ4v) is 4.44. The number of ketones is 1. The van der Waals surface area contributed by atoms with Crippen LogP contribution in [0.25, 0.3) is 16.7 Å². The van der Waals surface area contributed by atoms with Crippen LogP contribution in [0.15, 0.2) is 84.6 Å². The number of Topliss-reactive ketones (excluding diaryl/α,β-unsaturated/α-hetero) is 1. The molecule has 1 aromatic heterocycles. The van der Waals surface area contributed by atoms with Crippen molar-refractivity contribution >= 4 is 28.4 Å². The van der Waals surface area contributed by atoms with Crippen molar-refractivity contribution in [3.05, 3.63) is 113 Å². The number of hydrogen-bond donors (Lipinski definition) is 2. The number of fused-ring (bicyclic) bond motifs is 1. The van der Waals surface area contributed by atoms with Crippen molar-refractivity contribution in [2.45, 2.75) is 12.5 Å². The summed E-state index contributed by atoms with van der Waals surface area (Å²) in [7, 11) is 0. The highest BCUT2D eigenvalue weighted by molar-refractivity contribution is 6.46. The van der Waals surface area contributed by atoms with Crippen LogP contribution in [-0.4, -0.2) is 33.2 Å². The molecule has 0 spiro atoms. The summed E-state index contributed by atoms with van der Waals surface area (Å²) in [6.07, 6.45) is 2.33. The molecule has 0 aliphatic carbocycles. The molecule has 1 saturated heterocycles. The van der Waals surface area contributed by atoms with Crippen LogP contribution < -0.4 is 0 Å². The first-order chi connectivity index (χ1) is 16.4. The van der Waals surface area contributed by atoms with Gasteiger partial charge in [-0.05, 0) is 60.0 Å². The second kappa shape index (κ2) is 8.59. The number of aliphatic hydroxyl groups is 1. The molecule has 1 unspecified atom stereocenters. The van der Waals surface area contributed by atoms with Crippen LogP contribution in [0, 0.1) is 11.6 Å². The van der Waals surface area contributed by atoms with E-state index in [9.17, 15) is 23.5 Å². The average molecular weight is 458 g/mol. The van der Waals surface area contributed by atoms with Gasteiger partial charge in [0.1, 0.15) is 17.4 Å². The number of rotatable bonds is 5. The highest BCUT2D eigenvalue weighted by Crippen LogP contribution is 2.39. The van der Waals surface area contributed by atoms with E-state index >= 15 is 0 Å². The number of aromatic amines is 1. The van der Waals surface area contributed by atoms with Crippen molar-refractivity contribution in [3.63, 3.8) is 0 Å². The third-order valence-electron chi connectivity index (χ3n) is 6.14. The van der Waals surface area contributed by atoms with Gasteiger partial charge < -0.3 is 15.0 Å². The molecule has 7 heteroatoms. The van der Waals surface area contributed by atoms with Crippen LogP contribution >= 0.6 is 0 Å². The Labute approximate surface area is 194 Å². The predicted octanol–water partition coefficient (Wildman–Crippen LogP) is 5.11. The Morgan fingerprint density at radius 1 is 0.912 bits per heavy atom. The van der Waals surface area contributed by atoms with Gasteiger partial charge in [0.25, 0.3) is 11.7 Å². The standard InChI is InChI=1S/C27H20F2N2O3/c28-19-9-5-16(6-10-19)24-23(25(32)17-7-11-20(29)12-8-17)26(33)27(34)31(24)14-13-18-15-30-22-4-2-1-3-21(18)22/h1-12,15,24,30,32H,13-14H2. The minimum absolute atomic E-state index is 0.109. The van der Waals surface area contributed by atoms with Crippen molar-refractivity contribution in [2.75, 3.05) is 6.54 Å². The first-order valence-electron chi connectivity index (χ1n) is 10.8. The molecule has 4 aromatic rings. The van der Waals surface area contributed by atoms with Gasteiger partial charge >= 0.3 is 0 Å². The highest BCUT2D eigenvalue weighted by Gasteiger charge is 2.45. The number of nitrogens with one attached hydrogen (secondary N) is 1. The maximum Gasteiger partial charge on any atom is 0.295 e. The number of hydrogen-bond acceptors (Lipinski definition) is 3. The lowest BCUT2D eigenvalue weighted by Gasteiger charge is -2.25. The molecule has 1 amide bonds. The molecule has 170 valence electrons. The Hall–Kier alpha value is -4.26. The van der Waals surface area contributed by atoms with Gasteiger partial charge in [-0.15, -0.1) is 0 Å². The normalized spacial score (nSPS) is 17.6. The summed E-state index contributed by atoms with van der Waals surface area (Å²) < 4.78 is 27.0. The van der Waals surface area contributed by atoms with E-state index in [-0.39, 0.29) is 17.7 Å². The Balaban J connectivity index is 1.56. The van der Waals surface area contributed by atoms with Gasteiger partial charge in [-0.25, -0.2) is 8.78 Å². The molecule has 5 nitrogen and oxygen atoms in total. The zero-order valence-corrected chi connectivity index (χ0v) is 18.0. The summed E-state index contributed by atoms with van der Waals surface area (Å²) in [6.45, 7) is 0.203. The Morgan fingerprint density at radius 3 is 2.26 bits per heavy atom. The molecule has 1 aliphatic heterocycles. The second-order valence-corrected chi connectivity index (χ2v) is 8.16. The van der Waals surface area contributed by atoms with E-state index in [0.29, 0.717) is 12.0 Å². The van der Waals surface area contributed by atoms with Crippen LogP contribution in [-0.2, 0) is 16.0 Å². The Kier molecular flexibility index (Phi) is 5.45. The minimum atomic E-state index is -0.907. The number of benzene rings is 3. The second-order valence-electron chi connectivity index (χ2n) is 8.16. The van der Waals surface area contributed by atoms with Crippen LogP contribution in [0.2, 0.25) is 0 Å². The fraction of sp³-hybridized carbons (Fsp3) is 0.111. The minimum Gasteiger partial charge on any atom is -0.507 e. The number of halogens is 2. The van der Waals surface area contributed by atoms with E-state index in [1.807, 2.05) is 30.5 Å². The molecule has 34 heavy (non-hydrogen) atoms. The maximum atomic E-state index is 13.6. The number of nitrogens with zero attached hydrogens (tertiary/aromatic N) is 1. The number of para-hydroxylation sites is 1. The zero-order chi connectivity index (χ0) is 23.8. The number of amides is 1. The van der Waals surface area contributed by atoms with E-state index in [1.165, 1.54) is 41.3 Å². The molecule has 1 aliphatic rings. The number of H-pyrrole nitrogens is 1. The van der Waals surface area contributed by atoms with Crippen LogP contribution in [0.4, 0.5) is 8.78 Å². The maximum absolute atomic E-state index is 13.6. The first kappa shape index (κ1) is 21.6. The Bertz CT molecular complexity index is 1420. The number of carbonyl (C=O) groups is 2. The average Bonchev–Trinajstić information content (AvgIpc) is 3.37. The van der Waals surface area contributed by atoms with E-state index in [2.05, 4.69) is 4.98 Å². The first-order valence-corrected chi connectivity index (χ1v) is 10.8. The largest absolute Gasteiger partial charge is 0.507 e. The SMILES string of the molecule is O=C1C(=O)N(CCc2c[nH]c3ccccc23)C(c2ccc(F)cc2)C1=C(O)c1ccc(F)cc1. The summed E-state index contributed by atoms with van der Waals surface area (Å²) >= 11 is 0. The van der Waals surface area contributed by atoms with E-state index in [0.717, 1.165) is 28.6 Å². The summed E-state index contributed by atoms with van der Waals surface area (Å²) in [5.41, 5.74) is 2.54.